The van der Waals surface area contributed by atoms with E-state index in [9.17, 15) is 4.79 Å². The second-order valence-corrected chi connectivity index (χ2v) is 5.67. The molecule has 0 aliphatic carbocycles. The molecule has 1 aromatic heterocycles. The number of benzene rings is 2. The lowest BCUT2D eigenvalue weighted by molar-refractivity contribution is -0.123. The molecule has 0 saturated carbocycles. The number of ether oxygens (including phenoxy) is 1. The molecule has 0 radical (unpaired) electrons. The fraction of sp³-hybridized carbons (Fsp3) is 0.100. The molecule has 7 nitrogen and oxygen atoms in total. The molecule has 0 bridgehead atoms. The number of imidazole rings is 1. The van der Waals surface area contributed by atoms with Crippen LogP contribution in [0.25, 0.3) is 5.69 Å². The van der Waals surface area contributed by atoms with Crippen molar-refractivity contribution in [1.29, 1.82) is 5.26 Å². The van der Waals surface area contributed by atoms with Gasteiger partial charge in [0.15, 0.2) is 6.61 Å². The SMILES string of the molecule is C/C(=N\NC(=O)COc1ccc(C#N)cc1)c1ccc(-n2ccnc2)cc1. The lowest BCUT2D eigenvalue weighted by Crippen LogP contribution is -2.25. The molecule has 27 heavy (non-hydrogen) atoms. The van der Waals surface area contributed by atoms with Crippen molar-refractivity contribution in [1.82, 2.24) is 15.0 Å². The summed E-state index contributed by atoms with van der Waals surface area (Å²) in [6.45, 7) is 1.65. The highest BCUT2D eigenvalue weighted by Gasteiger charge is 2.04. The molecule has 0 atom stereocenters. The lowest BCUT2D eigenvalue weighted by atomic mass is 10.1. The van der Waals surface area contributed by atoms with Crippen LogP contribution < -0.4 is 10.2 Å². The zero-order chi connectivity index (χ0) is 19.1. The number of aromatic nitrogens is 2. The Morgan fingerprint density at radius 3 is 2.59 bits per heavy atom. The van der Waals surface area contributed by atoms with Crippen LogP contribution >= 0.6 is 0 Å². The Morgan fingerprint density at radius 2 is 1.96 bits per heavy atom. The number of nitrogens with zero attached hydrogens (tertiary/aromatic N) is 4. The van der Waals surface area contributed by atoms with Gasteiger partial charge in [-0.05, 0) is 48.9 Å². The smallest absolute Gasteiger partial charge is 0.277 e. The van der Waals surface area contributed by atoms with Gasteiger partial charge in [-0.2, -0.15) is 10.4 Å². The average Bonchev–Trinajstić information content (AvgIpc) is 3.26. The molecule has 3 aromatic rings. The zero-order valence-electron chi connectivity index (χ0n) is 14.7. The third kappa shape index (κ3) is 4.80. The Balaban J connectivity index is 1.53. The first kappa shape index (κ1) is 17.9. The van der Waals surface area contributed by atoms with E-state index in [1.807, 2.05) is 48.0 Å². The zero-order valence-corrected chi connectivity index (χ0v) is 14.7. The van der Waals surface area contributed by atoms with Crippen LogP contribution in [0.15, 0.2) is 72.4 Å². The highest BCUT2D eigenvalue weighted by atomic mass is 16.5. The van der Waals surface area contributed by atoms with Crippen molar-refractivity contribution in [3.05, 3.63) is 78.4 Å². The summed E-state index contributed by atoms with van der Waals surface area (Å²) in [5.74, 6) is 0.147. The minimum Gasteiger partial charge on any atom is -0.484 e. The number of rotatable bonds is 6. The Kier molecular flexibility index (Phi) is 5.60. The summed E-state index contributed by atoms with van der Waals surface area (Å²) in [7, 11) is 0. The number of carbonyl (C=O) groups is 1. The molecule has 0 saturated heterocycles. The van der Waals surface area contributed by atoms with Crippen LogP contribution in [0.5, 0.6) is 5.75 Å². The van der Waals surface area contributed by atoms with E-state index in [2.05, 4.69) is 15.5 Å². The van der Waals surface area contributed by atoms with Gasteiger partial charge in [0.2, 0.25) is 0 Å². The van der Waals surface area contributed by atoms with Crippen LogP contribution in [0, 0.1) is 11.3 Å². The standard InChI is InChI=1S/C20H17N5O2/c1-15(17-4-6-18(7-5-17)25-11-10-22-14-25)23-24-20(26)13-27-19-8-2-16(12-21)3-9-19/h2-11,14H,13H2,1H3,(H,24,26)/b23-15+. The van der Waals surface area contributed by atoms with Gasteiger partial charge in [0, 0.05) is 18.1 Å². The fourth-order valence-electron chi connectivity index (χ4n) is 2.30. The maximum Gasteiger partial charge on any atom is 0.277 e. The number of amides is 1. The third-order valence-corrected chi connectivity index (χ3v) is 3.79. The topological polar surface area (TPSA) is 92.3 Å². The van der Waals surface area contributed by atoms with Crippen molar-refractivity contribution in [2.75, 3.05) is 6.61 Å². The van der Waals surface area contributed by atoms with Gasteiger partial charge >= 0.3 is 0 Å². The van der Waals surface area contributed by atoms with Crippen LogP contribution in [0.2, 0.25) is 0 Å². The van der Waals surface area contributed by atoms with Crippen LogP contribution in [0.4, 0.5) is 0 Å². The molecule has 134 valence electrons. The normalized spacial score (nSPS) is 10.9. The summed E-state index contributed by atoms with van der Waals surface area (Å²) in [4.78, 5) is 15.9. The molecular weight excluding hydrogens is 342 g/mol. The van der Waals surface area contributed by atoms with Gasteiger partial charge in [0.1, 0.15) is 5.75 Å². The van der Waals surface area contributed by atoms with E-state index in [-0.39, 0.29) is 12.5 Å². The van der Waals surface area contributed by atoms with E-state index in [1.54, 1.807) is 36.8 Å². The van der Waals surface area contributed by atoms with E-state index in [1.165, 1.54) is 0 Å². The second kappa shape index (κ2) is 8.45. The van der Waals surface area contributed by atoms with Crippen molar-refractivity contribution < 1.29 is 9.53 Å². The molecule has 1 amide bonds. The molecular formula is C20H17N5O2. The molecule has 2 aromatic carbocycles. The Morgan fingerprint density at radius 1 is 1.22 bits per heavy atom. The Labute approximate surface area is 156 Å². The quantitative estimate of drug-likeness (QED) is 0.541. The monoisotopic (exact) mass is 359 g/mol. The van der Waals surface area contributed by atoms with Crippen molar-refractivity contribution in [3.63, 3.8) is 0 Å². The van der Waals surface area contributed by atoms with Gasteiger partial charge in [-0.15, -0.1) is 0 Å². The lowest BCUT2D eigenvalue weighted by Gasteiger charge is -2.07. The predicted molar refractivity (Wildman–Crippen MR) is 101 cm³/mol. The van der Waals surface area contributed by atoms with Crippen molar-refractivity contribution in [2.24, 2.45) is 5.10 Å². The van der Waals surface area contributed by atoms with Crippen LogP contribution in [0.3, 0.4) is 0 Å². The number of hydrazone groups is 1. The molecule has 1 N–H and O–H groups in total. The number of hydrogen-bond acceptors (Lipinski definition) is 5. The predicted octanol–water partition coefficient (Wildman–Crippen LogP) is 2.66. The summed E-state index contributed by atoms with van der Waals surface area (Å²) in [6, 6.07) is 16.3. The van der Waals surface area contributed by atoms with Crippen molar-refractivity contribution in [3.8, 4) is 17.5 Å². The van der Waals surface area contributed by atoms with Gasteiger partial charge in [0.05, 0.1) is 23.7 Å². The highest BCUT2D eigenvalue weighted by molar-refractivity contribution is 5.99. The maximum atomic E-state index is 11.9. The van der Waals surface area contributed by atoms with Gasteiger partial charge in [-0.3, -0.25) is 4.79 Å². The van der Waals surface area contributed by atoms with E-state index >= 15 is 0 Å². The van der Waals surface area contributed by atoms with Crippen LogP contribution in [-0.2, 0) is 4.79 Å². The fourth-order valence-corrected chi connectivity index (χ4v) is 2.30. The summed E-state index contributed by atoms with van der Waals surface area (Å²) in [6.07, 6.45) is 5.31. The molecule has 1 heterocycles. The molecule has 0 unspecified atom stereocenters. The van der Waals surface area contributed by atoms with E-state index in [4.69, 9.17) is 10.00 Å². The molecule has 0 aliphatic heterocycles. The van der Waals surface area contributed by atoms with Gasteiger partial charge in [0.25, 0.3) is 5.91 Å². The minimum atomic E-state index is -0.367. The van der Waals surface area contributed by atoms with Gasteiger partial charge in [-0.25, -0.2) is 10.4 Å². The average molecular weight is 359 g/mol. The van der Waals surface area contributed by atoms with Crippen LogP contribution in [0.1, 0.15) is 18.1 Å². The molecule has 0 aliphatic rings. The van der Waals surface area contributed by atoms with Gasteiger partial charge in [-0.1, -0.05) is 12.1 Å². The number of nitriles is 1. The van der Waals surface area contributed by atoms with E-state index in [0.717, 1.165) is 11.3 Å². The van der Waals surface area contributed by atoms with E-state index < -0.39 is 0 Å². The Bertz CT molecular complexity index is 969. The first-order valence-electron chi connectivity index (χ1n) is 8.20. The van der Waals surface area contributed by atoms with Crippen molar-refractivity contribution >= 4 is 11.6 Å². The molecule has 0 fully saturated rings. The highest BCUT2D eigenvalue weighted by Crippen LogP contribution is 2.11. The number of hydrogen-bond donors (Lipinski definition) is 1. The summed E-state index contributed by atoms with van der Waals surface area (Å²) < 4.78 is 7.26. The molecule has 3 rings (SSSR count). The van der Waals surface area contributed by atoms with Crippen molar-refractivity contribution in [2.45, 2.75) is 6.92 Å². The Hall–Kier alpha value is -3.92. The first-order valence-corrected chi connectivity index (χ1v) is 8.20. The van der Waals surface area contributed by atoms with Gasteiger partial charge < -0.3 is 9.30 Å². The number of nitrogens with one attached hydrogen (secondary N) is 1. The maximum absolute atomic E-state index is 11.9. The first-order chi connectivity index (χ1) is 13.2. The molecule has 0 spiro atoms. The number of carbonyl (C=O) groups excluding carboxylic acids is 1. The summed E-state index contributed by atoms with van der Waals surface area (Å²) in [5, 5.41) is 12.9. The minimum absolute atomic E-state index is 0.164. The third-order valence-electron chi connectivity index (χ3n) is 3.79. The van der Waals surface area contributed by atoms with Crippen LogP contribution in [-0.4, -0.2) is 27.8 Å². The molecule has 7 heteroatoms. The second-order valence-electron chi connectivity index (χ2n) is 5.67. The van der Waals surface area contributed by atoms with E-state index in [0.29, 0.717) is 17.0 Å². The summed E-state index contributed by atoms with van der Waals surface area (Å²) >= 11 is 0. The summed E-state index contributed by atoms with van der Waals surface area (Å²) in [5.41, 5.74) is 5.57. The largest absolute Gasteiger partial charge is 0.484 e.